The molecule has 0 bridgehead atoms. The van der Waals surface area contributed by atoms with E-state index >= 15 is 0 Å². The smallest absolute Gasteiger partial charge is 0.0305 e. The molecule has 3 aromatic heterocycles. The van der Waals surface area contributed by atoms with E-state index in [1.165, 1.54) is 16.7 Å². The van der Waals surface area contributed by atoms with Gasteiger partial charge < -0.3 is 0 Å². The standard InChI is InChI=1S/3C9H13N/c1-9(2,3)8-4-6-10-7-5-8;2*1-9(2,3)8-5-4-6-10-7-8/h3*4-7H,1-3H3. The van der Waals surface area contributed by atoms with Crippen LogP contribution in [0.3, 0.4) is 0 Å². The van der Waals surface area contributed by atoms with E-state index in [1.54, 1.807) is 12.4 Å². The maximum absolute atomic E-state index is 4.05. The summed E-state index contributed by atoms with van der Waals surface area (Å²) in [6, 6.07) is 12.3. The molecule has 0 saturated heterocycles. The van der Waals surface area contributed by atoms with Crippen molar-refractivity contribution in [1.29, 1.82) is 0 Å². The van der Waals surface area contributed by atoms with Crippen LogP contribution in [0.4, 0.5) is 0 Å². The number of rotatable bonds is 0. The largest absolute Gasteiger partial charge is 0.265 e. The first kappa shape index (κ1) is 25.5. The van der Waals surface area contributed by atoms with Crippen LogP contribution in [-0.2, 0) is 16.2 Å². The quantitative estimate of drug-likeness (QED) is 0.399. The van der Waals surface area contributed by atoms with Gasteiger partial charge in [0, 0.05) is 37.2 Å². The fourth-order valence-electron chi connectivity index (χ4n) is 2.46. The predicted octanol–water partition coefficient (Wildman–Crippen LogP) is 7.14. The Hall–Kier alpha value is -2.55. The van der Waals surface area contributed by atoms with Crippen molar-refractivity contribution in [3.05, 3.63) is 90.3 Å². The molecule has 0 atom stereocenters. The van der Waals surface area contributed by atoms with Gasteiger partial charge in [0.05, 0.1) is 0 Å². The first-order valence-corrected chi connectivity index (χ1v) is 10.5. The van der Waals surface area contributed by atoms with Gasteiger partial charge in [-0.15, -0.1) is 0 Å². The van der Waals surface area contributed by atoms with Gasteiger partial charge in [0.25, 0.3) is 0 Å². The second-order valence-corrected chi connectivity index (χ2v) is 10.5. The molecule has 3 heteroatoms. The molecule has 0 fully saturated rings. The van der Waals surface area contributed by atoms with Crippen molar-refractivity contribution in [2.45, 2.75) is 78.6 Å². The summed E-state index contributed by atoms with van der Waals surface area (Å²) in [6.45, 7) is 19.7. The fourth-order valence-corrected chi connectivity index (χ4v) is 2.46. The molecular formula is C27H39N3. The molecule has 0 aromatic carbocycles. The number of pyridine rings is 3. The van der Waals surface area contributed by atoms with Crippen molar-refractivity contribution in [3.63, 3.8) is 0 Å². The lowest BCUT2D eigenvalue weighted by molar-refractivity contribution is 0.587. The highest BCUT2D eigenvalue weighted by Crippen LogP contribution is 2.21. The summed E-state index contributed by atoms with van der Waals surface area (Å²) in [5.41, 5.74) is 4.62. The summed E-state index contributed by atoms with van der Waals surface area (Å²) in [4.78, 5) is 12.1. The molecule has 0 aliphatic carbocycles. The van der Waals surface area contributed by atoms with E-state index in [-0.39, 0.29) is 16.2 Å². The monoisotopic (exact) mass is 405 g/mol. The molecule has 0 aliphatic rings. The normalized spacial score (nSPS) is 11.5. The van der Waals surface area contributed by atoms with E-state index in [2.05, 4.69) is 102 Å². The van der Waals surface area contributed by atoms with Crippen LogP contribution < -0.4 is 0 Å². The molecule has 3 nitrogen and oxygen atoms in total. The van der Waals surface area contributed by atoms with Crippen molar-refractivity contribution >= 4 is 0 Å². The molecule has 162 valence electrons. The highest BCUT2D eigenvalue weighted by molar-refractivity contribution is 5.19. The Morgan fingerprint density at radius 1 is 0.433 bits per heavy atom. The number of nitrogens with zero attached hydrogens (tertiary/aromatic N) is 3. The Morgan fingerprint density at radius 2 is 0.800 bits per heavy atom. The number of aromatic nitrogens is 3. The summed E-state index contributed by atoms with van der Waals surface area (Å²) < 4.78 is 0. The summed E-state index contributed by atoms with van der Waals surface area (Å²) in [7, 11) is 0. The zero-order valence-corrected chi connectivity index (χ0v) is 20.3. The van der Waals surface area contributed by atoms with Crippen LogP contribution in [0.2, 0.25) is 0 Å². The lowest BCUT2D eigenvalue weighted by Crippen LogP contribution is -2.10. The van der Waals surface area contributed by atoms with Gasteiger partial charge in [0.15, 0.2) is 0 Å². The zero-order chi connectivity index (χ0) is 22.8. The van der Waals surface area contributed by atoms with Gasteiger partial charge in [-0.05, 0) is 57.2 Å². The highest BCUT2D eigenvalue weighted by Gasteiger charge is 2.13. The van der Waals surface area contributed by atoms with Crippen LogP contribution in [0.25, 0.3) is 0 Å². The molecule has 0 aliphatic heterocycles. The summed E-state index contributed by atoms with van der Waals surface area (Å²) in [5.74, 6) is 0. The topological polar surface area (TPSA) is 38.7 Å². The van der Waals surface area contributed by atoms with Crippen molar-refractivity contribution in [2.24, 2.45) is 0 Å². The van der Waals surface area contributed by atoms with Crippen LogP contribution in [0.15, 0.2) is 73.6 Å². The Kier molecular flexibility index (Phi) is 9.35. The number of hydrogen-bond acceptors (Lipinski definition) is 3. The SMILES string of the molecule is CC(C)(C)c1cccnc1.CC(C)(C)c1cccnc1.CC(C)(C)c1ccncc1. The second-order valence-electron chi connectivity index (χ2n) is 10.5. The Labute approximate surface area is 184 Å². The third-order valence-electron chi connectivity index (χ3n) is 4.60. The van der Waals surface area contributed by atoms with Crippen LogP contribution in [0.1, 0.15) is 79.0 Å². The lowest BCUT2D eigenvalue weighted by Gasteiger charge is -2.17. The molecule has 0 N–H and O–H groups in total. The third kappa shape index (κ3) is 9.78. The van der Waals surface area contributed by atoms with Gasteiger partial charge in [-0.2, -0.15) is 0 Å². The predicted molar refractivity (Wildman–Crippen MR) is 129 cm³/mol. The van der Waals surface area contributed by atoms with Crippen molar-refractivity contribution in [3.8, 4) is 0 Å². The van der Waals surface area contributed by atoms with Crippen molar-refractivity contribution < 1.29 is 0 Å². The van der Waals surface area contributed by atoms with Crippen LogP contribution in [0, 0.1) is 0 Å². The van der Waals surface area contributed by atoms with Gasteiger partial charge in [0.2, 0.25) is 0 Å². The summed E-state index contributed by atoms with van der Waals surface area (Å²) >= 11 is 0. The van der Waals surface area contributed by atoms with E-state index < -0.39 is 0 Å². The summed E-state index contributed by atoms with van der Waals surface area (Å²) in [6.07, 6.45) is 11.1. The maximum Gasteiger partial charge on any atom is 0.0305 e. The highest BCUT2D eigenvalue weighted by atomic mass is 14.6. The second kappa shape index (κ2) is 11.0. The molecule has 0 spiro atoms. The van der Waals surface area contributed by atoms with E-state index in [0.29, 0.717) is 0 Å². The van der Waals surface area contributed by atoms with Crippen molar-refractivity contribution in [1.82, 2.24) is 15.0 Å². The minimum Gasteiger partial charge on any atom is -0.265 e. The maximum atomic E-state index is 4.05. The molecular weight excluding hydrogens is 366 g/mol. The van der Waals surface area contributed by atoms with E-state index in [0.717, 1.165) is 0 Å². The van der Waals surface area contributed by atoms with Crippen LogP contribution >= 0.6 is 0 Å². The fraction of sp³-hybridized carbons (Fsp3) is 0.444. The molecule has 0 unspecified atom stereocenters. The lowest BCUT2D eigenvalue weighted by atomic mass is 9.88. The number of hydrogen-bond donors (Lipinski definition) is 0. The Bertz CT molecular complexity index is 705. The minimum atomic E-state index is 0.230. The molecule has 3 heterocycles. The molecule has 30 heavy (non-hydrogen) atoms. The van der Waals surface area contributed by atoms with Gasteiger partial charge in [-0.3, -0.25) is 15.0 Å². The molecule has 3 aromatic rings. The molecule has 0 saturated carbocycles. The Balaban J connectivity index is 0.000000225. The summed E-state index contributed by atoms with van der Waals surface area (Å²) in [5, 5.41) is 0. The van der Waals surface area contributed by atoms with E-state index in [4.69, 9.17) is 0 Å². The van der Waals surface area contributed by atoms with Gasteiger partial charge >= 0.3 is 0 Å². The van der Waals surface area contributed by atoms with E-state index in [1.807, 2.05) is 36.9 Å². The average Bonchev–Trinajstić information content (AvgIpc) is 2.69. The first-order chi connectivity index (χ1) is 13.8. The molecule has 0 amide bonds. The molecule has 0 radical (unpaired) electrons. The van der Waals surface area contributed by atoms with Crippen LogP contribution in [0.5, 0.6) is 0 Å². The Morgan fingerprint density at radius 3 is 1.00 bits per heavy atom. The van der Waals surface area contributed by atoms with Gasteiger partial charge in [-0.25, -0.2) is 0 Å². The van der Waals surface area contributed by atoms with Gasteiger partial charge in [0.1, 0.15) is 0 Å². The molecule has 3 rings (SSSR count). The first-order valence-electron chi connectivity index (χ1n) is 10.5. The van der Waals surface area contributed by atoms with Crippen molar-refractivity contribution in [2.75, 3.05) is 0 Å². The average molecular weight is 406 g/mol. The zero-order valence-electron chi connectivity index (χ0n) is 20.3. The van der Waals surface area contributed by atoms with Gasteiger partial charge in [-0.1, -0.05) is 74.4 Å². The third-order valence-corrected chi connectivity index (χ3v) is 4.60. The van der Waals surface area contributed by atoms with Crippen LogP contribution in [-0.4, -0.2) is 15.0 Å². The minimum absolute atomic E-state index is 0.230. The van der Waals surface area contributed by atoms with E-state index in [9.17, 15) is 0 Å².